The molecule has 0 unspecified atom stereocenters. The normalized spacial score (nSPS) is 11.6. The van der Waals surface area contributed by atoms with Crippen molar-refractivity contribution in [3.63, 3.8) is 0 Å². The lowest BCUT2D eigenvalue weighted by molar-refractivity contribution is -0.116. The Labute approximate surface area is 143 Å². The third-order valence-corrected chi connectivity index (χ3v) is 5.26. The summed E-state index contributed by atoms with van der Waals surface area (Å²) in [4.78, 5) is 11.8. The van der Waals surface area contributed by atoms with Crippen LogP contribution in [0, 0.1) is 17.5 Å². The molecule has 134 valence electrons. The third kappa shape index (κ3) is 4.58. The Hall–Kier alpha value is -2.39. The van der Waals surface area contributed by atoms with Gasteiger partial charge < -0.3 is 5.32 Å². The van der Waals surface area contributed by atoms with Gasteiger partial charge in [0, 0.05) is 12.6 Å². The third-order valence-electron chi connectivity index (χ3n) is 3.33. The lowest BCUT2D eigenvalue weighted by Crippen LogP contribution is -2.38. The lowest BCUT2D eigenvalue weighted by atomic mass is 10.3. The molecule has 0 spiro atoms. The summed E-state index contributed by atoms with van der Waals surface area (Å²) < 4.78 is 65.1. The van der Waals surface area contributed by atoms with Crippen LogP contribution in [0.25, 0.3) is 0 Å². The van der Waals surface area contributed by atoms with E-state index in [1.165, 1.54) is 6.92 Å². The number of amides is 1. The van der Waals surface area contributed by atoms with Gasteiger partial charge in [-0.3, -0.25) is 4.79 Å². The van der Waals surface area contributed by atoms with Gasteiger partial charge in [0.15, 0.2) is 0 Å². The Morgan fingerprint density at radius 1 is 1.04 bits per heavy atom. The van der Waals surface area contributed by atoms with Crippen molar-refractivity contribution in [1.29, 1.82) is 0 Å². The highest BCUT2D eigenvalue weighted by molar-refractivity contribution is 7.89. The fourth-order valence-electron chi connectivity index (χ4n) is 2.06. The molecule has 2 aromatic rings. The summed E-state index contributed by atoms with van der Waals surface area (Å²) in [7, 11) is -4.02. The molecule has 0 fully saturated rings. The van der Waals surface area contributed by atoms with E-state index in [1.807, 2.05) is 0 Å². The maximum absolute atomic E-state index is 13.5. The molecule has 0 heterocycles. The predicted molar refractivity (Wildman–Crippen MR) is 85.8 cm³/mol. The summed E-state index contributed by atoms with van der Waals surface area (Å²) in [5.41, 5.74) is -0.262. The molecule has 0 radical (unpaired) electrons. The monoisotopic (exact) mass is 372 g/mol. The van der Waals surface area contributed by atoms with Gasteiger partial charge in [-0.25, -0.2) is 21.6 Å². The van der Waals surface area contributed by atoms with Crippen LogP contribution in [0.3, 0.4) is 0 Å². The van der Waals surface area contributed by atoms with E-state index in [2.05, 4.69) is 5.32 Å². The van der Waals surface area contributed by atoms with E-state index in [0.29, 0.717) is 6.07 Å². The summed E-state index contributed by atoms with van der Waals surface area (Å²) in [5, 5.41) is 2.19. The fraction of sp³-hybridized carbons (Fsp3) is 0.188. The Kier molecular flexibility index (Phi) is 5.81. The Morgan fingerprint density at radius 3 is 2.20 bits per heavy atom. The van der Waals surface area contributed by atoms with E-state index < -0.39 is 39.9 Å². The zero-order chi connectivity index (χ0) is 18.6. The van der Waals surface area contributed by atoms with Crippen molar-refractivity contribution in [2.45, 2.75) is 11.8 Å². The molecule has 1 N–H and O–H groups in total. The minimum Gasteiger partial charge on any atom is -0.322 e. The molecule has 0 aromatic heterocycles. The van der Waals surface area contributed by atoms with Crippen molar-refractivity contribution >= 4 is 21.6 Å². The van der Waals surface area contributed by atoms with Crippen LogP contribution in [0.4, 0.5) is 18.9 Å². The van der Waals surface area contributed by atoms with Crippen LogP contribution in [0.1, 0.15) is 6.92 Å². The van der Waals surface area contributed by atoms with E-state index in [-0.39, 0.29) is 17.1 Å². The number of likely N-dealkylation sites (N-methyl/N-ethyl adjacent to an activating group) is 1. The number of hydrogen-bond donors (Lipinski definition) is 1. The first kappa shape index (κ1) is 18.9. The number of nitrogens with one attached hydrogen (secondary N) is 1. The number of carbonyl (C=O) groups excluding carboxylic acids is 1. The first-order valence-electron chi connectivity index (χ1n) is 7.24. The molecule has 0 saturated carbocycles. The number of halogens is 3. The highest BCUT2D eigenvalue weighted by Gasteiger charge is 2.25. The van der Waals surface area contributed by atoms with Crippen molar-refractivity contribution < 1.29 is 26.4 Å². The maximum atomic E-state index is 13.5. The molecule has 9 heteroatoms. The zero-order valence-corrected chi connectivity index (χ0v) is 14.0. The van der Waals surface area contributed by atoms with Crippen LogP contribution in [-0.2, 0) is 14.8 Å². The minimum absolute atomic E-state index is 0.0287. The van der Waals surface area contributed by atoms with E-state index in [4.69, 9.17) is 0 Å². The number of benzene rings is 2. The number of hydrogen-bond acceptors (Lipinski definition) is 3. The smallest absolute Gasteiger partial charge is 0.243 e. The Morgan fingerprint density at radius 2 is 1.64 bits per heavy atom. The highest BCUT2D eigenvalue weighted by Crippen LogP contribution is 2.18. The topological polar surface area (TPSA) is 66.5 Å². The summed E-state index contributed by atoms with van der Waals surface area (Å²) in [5.74, 6) is -3.16. The second kappa shape index (κ2) is 7.66. The second-order valence-electron chi connectivity index (χ2n) is 5.06. The van der Waals surface area contributed by atoms with Crippen LogP contribution >= 0.6 is 0 Å². The average Bonchev–Trinajstić information content (AvgIpc) is 2.55. The van der Waals surface area contributed by atoms with Crippen LogP contribution in [-0.4, -0.2) is 31.7 Å². The summed E-state index contributed by atoms with van der Waals surface area (Å²) in [6.45, 7) is 0.916. The van der Waals surface area contributed by atoms with Gasteiger partial charge in [-0.15, -0.1) is 0 Å². The number of sulfonamides is 1. The van der Waals surface area contributed by atoms with E-state index in [1.54, 1.807) is 0 Å². The molecule has 0 atom stereocenters. The molecule has 1 amide bonds. The molecule has 25 heavy (non-hydrogen) atoms. The van der Waals surface area contributed by atoms with Crippen molar-refractivity contribution in [2.75, 3.05) is 18.4 Å². The second-order valence-corrected chi connectivity index (χ2v) is 7.00. The molecule has 0 aliphatic heterocycles. The molecule has 2 rings (SSSR count). The molecule has 0 bridgehead atoms. The number of nitrogens with zero attached hydrogens (tertiary/aromatic N) is 1. The van der Waals surface area contributed by atoms with Crippen LogP contribution < -0.4 is 5.32 Å². The molecule has 0 saturated heterocycles. The largest absolute Gasteiger partial charge is 0.322 e. The van der Waals surface area contributed by atoms with Crippen LogP contribution in [0.15, 0.2) is 47.4 Å². The summed E-state index contributed by atoms with van der Waals surface area (Å²) >= 11 is 0. The highest BCUT2D eigenvalue weighted by atomic mass is 32.2. The van der Waals surface area contributed by atoms with Crippen molar-refractivity contribution in [3.8, 4) is 0 Å². The lowest BCUT2D eigenvalue weighted by Gasteiger charge is -2.20. The van der Waals surface area contributed by atoms with E-state index in [0.717, 1.165) is 40.7 Å². The SMILES string of the molecule is CCN(CC(=O)Nc1ccc(F)cc1F)S(=O)(=O)c1ccc(F)cc1. The van der Waals surface area contributed by atoms with Crippen molar-refractivity contribution in [1.82, 2.24) is 4.31 Å². The van der Waals surface area contributed by atoms with Gasteiger partial charge in [-0.1, -0.05) is 6.92 Å². The van der Waals surface area contributed by atoms with E-state index in [9.17, 15) is 26.4 Å². The van der Waals surface area contributed by atoms with Crippen LogP contribution in [0.2, 0.25) is 0 Å². The Bertz CT molecular complexity index is 871. The van der Waals surface area contributed by atoms with Crippen molar-refractivity contribution in [3.05, 3.63) is 59.9 Å². The number of carbonyl (C=O) groups is 1. The standard InChI is InChI=1S/C16H15F3N2O3S/c1-2-21(25(23,24)13-6-3-11(17)4-7-13)10-16(22)20-15-8-5-12(18)9-14(15)19/h3-9H,2,10H2,1H3,(H,20,22). The summed E-state index contributed by atoms with van der Waals surface area (Å²) in [6, 6.07) is 6.76. The molecule has 2 aromatic carbocycles. The van der Waals surface area contributed by atoms with Gasteiger partial charge in [0.1, 0.15) is 17.5 Å². The van der Waals surface area contributed by atoms with Gasteiger partial charge in [0.25, 0.3) is 0 Å². The number of rotatable bonds is 6. The quantitative estimate of drug-likeness (QED) is 0.848. The van der Waals surface area contributed by atoms with Gasteiger partial charge in [0.05, 0.1) is 17.1 Å². The fourth-order valence-corrected chi connectivity index (χ4v) is 3.47. The first-order valence-corrected chi connectivity index (χ1v) is 8.68. The minimum atomic E-state index is -4.02. The zero-order valence-electron chi connectivity index (χ0n) is 13.2. The van der Waals surface area contributed by atoms with Crippen molar-refractivity contribution in [2.24, 2.45) is 0 Å². The molecule has 5 nitrogen and oxygen atoms in total. The summed E-state index contributed by atoms with van der Waals surface area (Å²) in [6.07, 6.45) is 0. The molecular weight excluding hydrogens is 357 g/mol. The van der Waals surface area contributed by atoms with Gasteiger partial charge in [-0.2, -0.15) is 4.31 Å². The molecule has 0 aliphatic carbocycles. The maximum Gasteiger partial charge on any atom is 0.243 e. The van der Waals surface area contributed by atoms with E-state index >= 15 is 0 Å². The first-order chi connectivity index (χ1) is 11.7. The molecule has 0 aliphatic rings. The molecular formula is C16H15F3N2O3S. The van der Waals surface area contributed by atoms with Gasteiger partial charge in [0.2, 0.25) is 15.9 Å². The number of anilines is 1. The predicted octanol–water partition coefficient (Wildman–Crippen LogP) is 2.75. The average molecular weight is 372 g/mol. The Balaban J connectivity index is 2.15. The van der Waals surface area contributed by atoms with Crippen LogP contribution in [0.5, 0.6) is 0 Å². The van der Waals surface area contributed by atoms with Gasteiger partial charge in [-0.05, 0) is 36.4 Å². The van der Waals surface area contributed by atoms with Gasteiger partial charge >= 0.3 is 0 Å².